The summed E-state index contributed by atoms with van der Waals surface area (Å²) in [5.41, 5.74) is 1.13. The molecule has 0 radical (unpaired) electrons. The lowest BCUT2D eigenvalue weighted by Crippen LogP contribution is -2.47. The first-order valence-corrected chi connectivity index (χ1v) is 15.8. The summed E-state index contributed by atoms with van der Waals surface area (Å²) >= 11 is 6.63. The van der Waals surface area contributed by atoms with E-state index in [4.69, 9.17) is 21.1 Å². The largest absolute Gasteiger partial charge is 0.497 e. The van der Waals surface area contributed by atoms with E-state index in [1.807, 2.05) is 58.0 Å². The zero-order valence-electron chi connectivity index (χ0n) is 27.5. The van der Waals surface area contributed by atoms with Crippen LogP contribution in [0.25, 0.3) is 11.3 Å². The van der Waals surface area contributed by atoms with Crippen molar-refractivity contribution in [2.75, 3.05) is 13.7 Å². The van der Waals surface area contributed by atoms with E-state index < -0.39 is 41.4 Å². The molecule has 3 aromatic carbocycles. The van der Waals surface area contributed by atoms with Crippen molar-refractivity contribution in [3.63, 3.8) is 0 Å². The Morgan fingerprint density at radius 3 is 2.50 bits per heavy atom. The number of halogens is 2. The van der Waals surface area contributed by atoms with Gasteiger partial charge in [-0.25, -0.2) is 9.18 Å². The van der Waals surface area contributed by atoms with Gasteiger partial charge in [0, 0.05) is 28.4 Å². The van der Waals surface area contributed by atoms with Crippen LogP contribution in [0.1, 0.15) is 55.5 Å². The molecule has 2 heterocycles. The van der Waals surface area contributed by atoms with Crippen LogP contribution in [0.15, 0.2) is 90.1 Å². The molecule has 9 nitrogen and oxygen atoms in total. The molecule has 1 aliphatic rings. The molecule has 1 fully saturated rings. The maximum atomic E-state index is 15.9. The number of benzene rings is 3. The second kappa shape index (κ2) is 14.1. The van der Waals surface area contributed by atoms with Crippen LogP contribution in [0.3, 0.4) is 0 Å². The molecule has 2 amide bonds. The number of carbonyl (C=O) groups is 2. The topological polar surface area (TPSA) is 113 Å². The molecule has 4 aromatic rings. The minimum Gasteiger partial charge on any atom is -0.497 e. The van der Waals surface area contributed by atoms with E-state index >= 15 is 4.39 Å². The summed E-state index contributed by atoms with van der Waals surface area (Å²) in [5, 5.41) is 14.5. The van der Waals surface area contributed by atoms with E-state index in [1.165, 1.54) is 24.1 Å². The summed E-state index contributed by atoms with van der Waals surface area (Å²) in [6.45, 7) is 7.04. The SMILES string of the molecule is COc1ccc([C@@]2(CC(C)(C)C)NC(=NC(=O)OCc3ccccc3)N(C(CO)c3ccc(Cl)c(-c4ncccc4C)c3)C2=O)c(F)c1. The van der Waals surface area contributed by atoms with Crippen molar-refractivity contribution >= 4 is 29.6 Å². The number of aryl methyl sites for hydroxylation is 1. The molecule has 1 saturated heterocycles. The lowest BCUT2D eigenvalue weighted by molar-refractivity contribution is -0.135. The zero-order valence-corrected chi connectivity index (χ0v) is 28.2. The lowest BCUT2D eigenvalue weighted by Gasteiger charge is -2.35. The number of guanidine groups is 1. The molecular weight excluding hydrogens is 635 g/mol. The van der Waals surface area contributed by atoms with Crippen molar-refractivity contribution in [2.24, 2.45) is 10.4 Å². The maximum Gasteiger partial charge on any atom is 0.437 e. The van der Waals surface area contributed by atoms with Crippen LogP contribution in [-0.4, -0.2) is 46.7 Å². The molecule has 0 saturated carbocycles. The quantitative estimate of drug-likeness (QED) is 0.191. The van der Waals surface area contributed by atoms with Crippen LogP contribution < -0.4 is 10.1 Å². The van der Waals surface area contributed by atoms with Crippen LogP contribution in [0.4, 0.5) is 9.18 Å². The number of ether oxygens (including phenoxy) is 2. The smallest absolute Gasteiger partial charge is 0.437 e. The van der Waals surface area contributed by atoms with Gasteiger partial charge in [0.05, 0.1) is 25.5 Å². The van der Waals surface area contributed by atoms with Gasteiger partial charge < -0.3 is 19.9 Å². The molecule has 1 aromatic heterocycles. The second-order valence-electron chi connectivity index (χ2n) is 12.9. The Bertz CT molecular complexity index is 1850. The van der Waals surface area contributed by atoms with Gasteiger partial charge in [-0.15, -0.1) is 4.99 Å². The van der Waals surface area contributed by atoms with Gasteiger partial charge in [-0.1, -0.05) is 74.8 Å². The fourth-order valence-electron chi connectivity index (χ4n) is 6.01. The van der Waals surface area contributed by atoms with Crippen molar-refractivity contribution < 1.29 is 28.6 Å². The van der Waals surface area contributed by atoms with Crippen molar-refractivity contribution in [1.82, 2.24) is 15.2 Å². The molecule has 0 aliphatic carbocycles. The summed E-state index contributed by atoms with van der Waals surface area (Å²) in [6.07, 6.45) is 0.783. The number of amides is 2. The Kier molecular flexibility index (Phi) is 10.2. The third kappa shape index (κ3) is 7.19. The van der Waals surface area contributed by atoms with E-state index in [2.05, 4.69) is 15.3 Å². The Labute approximate surface area is 284 Å². The maximum absolute atomic E-state index is 15.9. The molecule has 5 rings (SSSR count). The molecule has 48 heavy (non-hydrogen) atoms. The molecular formula is C37H38ClFN4O5. The highest BCUT2D eigenvalue weighted by atomic mass is 35.5. The summed E-state index contributed by atoms with van der Waals surface area (Å²) in [5.74, 6) is -1.22. The van der Waals surface area contributed by atoms with E-state index in [9.17, 15) is 14.7 Å². The highest BCUT2D eigenvalue weighted by Gasteiger charge is 2.56. The lowest BCUT2D eigenvalue weighted by atomic mass is 9.75. The standard InChI is InChI=1S/C37H38ClFN4O5/c1-23-10-9-17-40-32(23)27-18-25(13-16-29(27)38)31(20-44)43-33(45)37(22-36(2,3)4,28-15-14-26(47-5)19-30(28)39)42-34(43)41-35(46)48-21-24-11-7-6-8-12-24/h6-19,31,44H,20-22H2,1-5H3,(H,41,42,46)/t31?,37-/m1/s1. The summed E-state index contributed by atoms with van der Waals surface area (Å²) in [6, 6.07) is 21.1. The normalized spacial score (nSPS) is 17.7. The van der Waals surface area contributed by atoms with Gasteiger partial charge in [-0.3, -0.25) is 14.7 Å². The molecule has 1 aliphatic heterocycles. The minimum atomic E-state index is -1.71. The first-order valence-electron chi connectivity index (χ1n) is 15.4. The van der Waals surface area contributed by atoms with Crippen molar-refractivity contribution in [3.05, 3.63) is 118 Å². The number of aliphatic hydroxyl groups is 1. The molecule has 0 bridgehead atoms. The number of rotatable bonds is 9. The predicted molar refractivity (Wildman–Crippen MR) is 182 cm³/mol. The Balaban J connectivity index is 1.65. The van der Waals surface area contributed by atoms with Crippen molar-refractivity contribution in [3.8, 4) is 17.0 Å². The van der Waals surface area contributed by atoms with Gasteiger partial charge >= 0.3 is 6.09 Å². The van der Waals surface area contributed by atoms with E-state index in [-0.39, 0.29) is 30.3 Å². The number of aromatic nitrogens is 1. The minimum absolute atomic E-state index is 0.0358. The number of aliphatic imine (C=N–C) groups is 1. The van der Waals surface area contributed by atoms with Gasteiger partial charge in [-0.05, 0) is 65.8 Å². The number of methoxy groups -OCH3 is 1. The molecule has 1 unspecified atom stereocenters. The summed E-state index contributed by atoms with van der Waals surface area (Å²) < 4.78 is 26.6. The zero-order chi connectivity index (χ0) is 34.6. The fourth-order valence-corrected chi connectivity index (χ4v) is 6.22. The summed E-state index contributed by atoms with van der Waals surface area (Å²) in [4.78, 5) is 38.0. The monoisotopic (exact) mass is 672 g/mol. The average Bonchev–Trinajstić information content (AvgIpc) is 3.31. The van der Waals surface area contributed by atoms with E-state index in [0.717, 1.165) is 11.1 Å². The van der Waals surface area contributed by atoms with E-state index in [0.29, 0.717) is 21.8 Å². The second-order valence-corrected chi connectivity index (χ2v) is 13.3. The van der Waals surface area contributed by atoms with Gasteiger partial charge in [-0.2, -0.15) is 0 Å². The number of nitrogens with zero attached hydrogens (tertiary/aromatic N) is 3. The van der Waals surface area contributed by atoms with Gasteiger partial charge in [0.15, 0.2) is 0 Å². The fraction of sp³-hybridized carbons (Fsp3) is 0.297. The van der Waals surface area contributed by atoms with Crippen LogP contribution in [0.5, 0.6) is 5.75 Å². The summed E-state index contributed by atoms with van der Waals surface area (Å²) in [7, 11) is 1.42. The highest BCUT2D eigenvalue weighted by molar-refractivity contribution is 6.33. The van der Waals surface area contributed by atoms with Crippen LogP contribution in [0, 0.1) is 18.2 Å². The number of nitrogens with one attached hydrogen (secondary N) is 1. The average molecular weight is 673 g/mol. The Morgan fingerprint density at radius 1 is 1.10 bits per heavy atom. The van der Waals surface area contributed by atoms with Gasteiger partial charge in [0.2, 0.25) is 5.96 Å². The molecule has 0 spiro atoms. The number of pyridine rings is 1. The van der Waals surface area contributed by atoms with Crippen LogP contribution in [0.2, 0.25) is 5.02 Å². The Hall–Kier alpha value is -4.80. The molecule has 2 N–H and O–H groups in total. The number of hydrogen-bond acceptors (Lipinski definition) is 6. The third-order valence-electron chi connectivity index (χ3n) is 8.10. The van der Waals surface area contributed by atoms with Crippen molar-refractivity contribution in [1.29, 1.82) is 0 Å². The van der Waals surface area contributed by atoms with Crippen molar-refractivity contribution in [2.45, 2.75) is 52.3 Å². The first kappa shape index (κ1) is 34.5. The van der Waals surface area contributed by atoms with E-state index in [1.54, 1.807) is 42.6 Å². The van der Waals surface area contributed by atoms with Gasteiger partial charge in [0.1, 0.15) is 23.7 Å². The van der Waals surface area contributed by atoms with Crippen LogP contribution >= 0.6 is 11.6 Å². The van der Waals surface area contributed by atoms with Gasteiger partial charge in [0.25, 0.3) is 5.91 Å². The Morgan fingerprint density at radius 2 is 1.85 bits per heavy atom. The number of hydrogen-bond donors (Lipinski definition) is 2. The predicted octanol–water partition coefficient (Wildman–Crippen LogP) is 7.35. The number of carbonyl (C=O) groups excluding carboxylic acids is 2. The highest BCUT2D eigenvalue weighted by Crippen LogP contribution is 2.44. The molecule has 2 atom stereocenters. The third-order valence-corrected chi connectivity index (χ3v) is 8.43. The molecule has 11 heteroatoms. The first-order chi connectivity index (χ1) is 22.9. The molecule has 250 valence electrons. The number of aliphatic hydroxyl groups excluding tert-OH is 1. The van der Waals surface area contributed by atoms with Crippen LogP contribution in [-0.2, 0) is 21.7 Å².